The number of nitrogens with zero attached hydrogens (tertiary/aromatic N) is 1. The second-order valence-corrected chi connectivity index (χ2v) is 6.78. The zero-order valence-electron chi connectivity index (χ0n) is 10.8. The number of aromatic nitrogens is 1. The highest BCUT2D eigenvalue weighted by atomic mass is 32.1. The molecule has 2 heteroatoms. The van der Waals surface area contributed by atoms with Crippen molar-refractivity contribution in [2.75, 3.05) is 0 Å². The molecule has 0 radical (unpaired) electrons. The first-order valence-electron chi connectivity index (χ1n) is 5.74. The smallest absolute Gasteiger partial charge is 0.0982 e. The first kappa shape index (κ1) is 12.7. The van der Waals surface area contributed by atoms with Gasteiger partial charge in [0.15, 0.2) is 0 Å². The maximum atomic E-state index is 4.79. The van der Waals surface area contributed by atoms with Crippen molar-refractivity contribution < 1.29 is 0 Å². The van der Waals surface area contributed by atoms with Crippen LogP contribution in [-0.2, 0) is 10.8 Å². The Balaban J connectivity index is 2.94. The van der Waals surface area contributed by atoms with Gasteiger partial charge in [-0.2, -0.15) is 0 Å². The minimum Gasteiger partial charge on any atom is -0.245 e. The quantitative estimate of drug-likeness (QED) is 0.737. The summed E-state index contributed by atoms with van der Waals surface area (Å²) in [4.78, 5) is 4.79. The molecule has 1 aromatic heterocycles. The van der Waals surface area contributed by atoms with E-state index >= 15 is 0 Å². The molecule has 0 bridgehead atoms. The average Bonchev–Trinajstić information content (AvgIpc) is 2.50. The highest BCUT2D eigenvalue weighted by Crippen LogP contribution is 2.33. The molecule has 15 heavy (non-hydrogen) atoms. The Hall–Kier alpha value is -0.370. The summed E-state index contributed by atoms with van der Waals surface area (Å²) >= 11 is 1.80. The third-order valence-electron chi connectivity index (χ3n) is 2.71. The lowest BCUT2D eigenvalue weighted by atomic mass is 9.85. The van der Waals surface area contributed by atoms with Crippen LogP contribution in [0.4, 0.5) is 0 Å². The lowest BCUT2D eigenvalue weighted by Crippen LogP contribution is -2.18. The van der Waals surface area contributed by atoms with Crippen LogP contribution in [0.1, 0.15) is 65.1 Å². The molecule has 0 aliphatic heterocycles. The largest absolute Gasteiger partial charge is 0.245 e. The molecular weight excluding hydrogens is 202 g/mol. The maximum Gasteiger partial charge on any atom is 0.0982 e. The molecule has 0 atom stereocenters. The third kappa shape index (κ3) is 3.04. The van der Waals surface area contributed by atoms with Gasteiger partial charge >= 0.3 is 0 Å². The van der Waals surface area contributed by atoms with Crippen LogP contribution in [0.25, 0.3) is 0 Å². The predicted octanol–water partition coefficient (Wildman–Crippen LogP) is 4.52. The average molecular weight is 225 g/mol. The third-order valence-corrected chi connectivity index (χ3v) is 3.98. The van der Waals surface area contributed by atoms with Gasteiger partial charge < -0.3 is 0 Å². The van der Waals surface area contributed by atoms with Gasteiger partial charge in [0.25, 0.3) is 0 Å². The van der Waals surface area contributed by atoms with Crippen molar-refractivity contribution in [3.63, 3.8) is 0 Å². The Morgan fingerprint density at radius 1 is 1.20 bits per heavy atom. The van der Waals surface area contributed by atoms with E-state index in [0.29, 0.717) is 0 Å². The van der Waals surface area contributed by atoms with Gasteiger partial charge in [0.05, 0.1) is 10.7 Å². The van der Waals surface area contributed by atoms with Gasteiger partial charge in [-0.25, -0.2) is 4.98 Å². The summed E-state index contributed by atoms with van der Waals surface area (Å²) in [6.45, 7) is 13.5. The van der Waals surface area contributed by atoms with Gasteiger partial charge in [-0.05, 0) is 6.42 Å². The Morgan fingerprint density at radius 3 is 2.20 bits per heavy atom. The Bertz CT molecular complexity index is 318. The minimum atomic E-state index is 0.186. The van der Waals surface area contributed by atoms with E-state index < -0.39 is 0 Å². The van der Waals surface area contributed by atoms with Gasteiger partial charge in [0.1, 0.15) is 0 Å². The molecule has 0 aliphatic rings. The van der Waals surface area contributed by atoms with E-state index in [0.717, 1.165) is 0 Å². The monoisotopic (exact) mass is 225 g/mol. The Morgan fingerprint density at radius 2 is 1.80 bits per heavy atom. The van der Waals surface area contributed by atoms with E-state index in [1.165, 1.54) is 23.5 Å². The molecular formula is C13H23NS. The zero-order valence-corrected chi connectivity index (χ0v) is 11.7. The summed E-state index contributed by atoms with van der Waals surface area (Å²) < 4.78 is 0. The summed E-state index contributed by atoms with van der Waals surface area (Å²) in [7, 11) is 0. The second kappa shape index (κ2) is 4.25. The summed E-state index contributed by atoms with van der Waals surface area (Å²) in [5.74, 6) is 0. The van der Waals surface area contributed by atoms with E-state index in [2.05, 4.69) is 46.9 Å². The minimum absolute atomic E-state index is 0.186. The molecule has 1 nitrogen and oxygen atoms in total. The molecule has 0 saturated heterocycles. The van der Waals surface area contributed by atoms with Crippen LogP contribution in [0.2, 0.25) is 0 Å². The van der Waals surface area contributed by atoms with Crippen LogP contribution in [0.5, 0.6) is 0 Å². The number of hydrogen-bond donors (Lipinski definition) is 0. The van der Waals surface area contributed by atoms with Gasteiger partial charge in [-0.15, -0.1) is 11.3 Å². The normalized spacial score (nSPS) is 13.2. The van der Waals surface area contributed by atoms with Crippen molar-refractivity contribution in [3.8, 4) is 0 Å². The lowest BCUT2D eigenvalue weighted by Gasteiger charge is -2.22. The molecule has 0 N–H and O–H groups in total. The van der Waals surface area contributed by atoms with Gasteiger partial charge in [-0.1, -0.05) is 48.0 Å². The van der Waals surface area contributed by atoms with Crippen LogP contribution >= 0.6 is 11.3 Å². The first-order valence-corrected chi connectivity index (χ1v) is 6.62. The molecule has 0 amide bonds. The number of hydrogen-bond acceptors (Lipinski definition) is 2. The molecule has 1 rings (SSSR count). The number of thiazole rings is 1. The van der Waals surface area contributed by atoms with Crippen LogP contribution in [0.3, 0.4) is 0 Å². The Labute approximate surface area is 97.9 Å². The molecule has 0 unspecified atom stereocenters. The van der Waals surface area contributed by atoms with Gasteiger partial charge in [0, 0.05) is 16.2 Å². The fourth-order valence-corrected chi connectivity index (χ4v) is 2.78. The topological polar surface area (TPSA) is 12.9 Å². The molecule has 0 spiro atoms. The van der Waals surface area contributed by atoms with Crippen molar-refractivity contribution in [3.05, 3.63) is 16.1 Å². The van der Waals surface area contributed by atoms with Crippen LogP contribution in [0, 0.1) is 0 Å². The molecule has 86 valence electrons. The second-order valence-electron chi connectivity index (χ2n) is 5.92. The van der Waals surface area contributed by atoms with E-state index in [4.69, 9.17) is 4.98 Å². The van der Waals surface area contributed by atoms with E-state index in [1.807, 2.05) is 0 Å². The molecule has 1 heterocycles. The molecule has 1 aromatic rings. The maximum absolute atomic E-state index is 4.79. The fraction of sp³-hybridized carbons (Fsp3) is 0.769. The van der Waals surface area contributed by atoms with Crippen LogP contribution in [-0.4, -0.2) is 4.98 Å². The van der Waals surface area contributed by atoms with Crippen molar-refractivity contribution in [2.45, 2.75) is 65.2 Å². The predicted molar refractivity (Wildman–Crippen MR) is 68.7 cm³/mol. The zero-order chi connectivity index (χ0) is 11.7. The highest BCUT2D eigenvalue weighted by molar-refractivity contribution is 7.09. The van der Waals surface area contributed by atoms with Crippen molar-refractivity contribution >= 4 is 11.3 Å². The summed E-state index contributed by atoms with van der Waals surface area (Å²) in [5.41, 5.74) is 1.68. The lowest BCUT2D eigenvalue weighted by molar-refractivity contribution is 0.457. The van der Waals surface area contributed by atoms with E-state index in [9.17, 15) is 0 Å². The number of rotatable bonds is 3. The Kier molecular flexibility index (Phi) is 3.59. The molecule has 0 aromatic carbocycles. The van der Waals surface area contributed by atoms with E-state index in [1.54, 1.807) is 11.3 Å². The van der Waals surface area contributed by atoms with E-state index in [-0.39, 0.29) is 10.8 Å². The van der Waals surface area contributed by atoms with Gasteiger partial charge in [0.2, 0.25) is 0 Å². The summed E-state index contributed by atoms with van der Waals surface area (Å²) in [6, 6.07) is 0. The van der Waals surface area contributed by atoms with Crippen molar-refractivity contribution in [2.24, 2.45) is 0 Å². The fourth-order valence-electron chi connectivity index (χ4n) is 1.68. The highest BCUT2D eigenvalue weighted by Gasteiger charge is 2.25. The molecule has 0 aliphatic carbocycles. The van der Waals surface area contributed by atoms with Gasteiger partial charge in [-0.3, -0.25) is 0 Å². The standard InChI is InChI=1S/C13H23NS/c1-7-8-13(5,6)10-9-15-11(14-10)12(2,3)4/h9H,7-8H2,1-6H3. The first-order chi connectivity index (χ1) is 6.77. The van der Waals surface area contributed by atoms with Crippen LogP contribution in [0.15, 0.2) is 5.38 Å². The molecule has 0 fully saturated rings. The van der Waals surface area contributed by atoms with Crippen LogP contribution < -0.4 is 0 Å². The summed E-state index contributed by atoms with van der Waals surface area (Å²) in [6.07, 6.45) is 2.43. The van der Waals surface area contributed by atoms with Crippen molar-refractivity contribution in [1.82, 2.24) is 4.98 Å². The molecule has 0 saturated carbocycles. The SMILES string of the molecule is CCCC(C)(C)c1csc(C(C)(C)C)n1. The summed E-state index contributed by atoms with van der Waals surface area (Å²) in [5, 5.41) is 3.48. The van der Waals surface area contributed by atoms with Crippen molar-refractivity contribution in [1.29, 1.82) is 0 Å².